The number of alkyl halides is 1. The zero-order chi connectivity index (χ0) is 31.3. The number of carbonyl (C=O) groups is 5. The van der Waals surface area contributed by atoms with E-state index in [1.807, 2.05) is 36.4 Å². The van der Waals surface area contributed by atoms with Gasteiger partial charge in [-0.15, -0.1) is 0 Å². The lowest BCUT2D eigenvalue weighted by molar-refractivity contribution is -0.133. The summed E-state index contributed by atoms with van der Waals surface area (Å²) >= 11 is 2.04. The summed E-state index contributed by atoms with van der Waals surface area (Å²) in [5.41, 5.74) is 6.58. The number of alkyl carbamates (subject to hydrolysis) is 1. The maximum Gasteiger partial charge on any atom is 0.407 e. The fraction of sp³-hybridized carbons (Fsp3) is 0.621. The first-order chi connectivity index (χ1) is 20.1. The molecule has 0 spiro atoms. The Kier molecular flexibility index (Phi) is 19.6. The highest BCUT2D eigenvalue weighted by Gasteiger charge is 2.27. The van der Waals surface area contributed by atoms with E-state index in [1.54, 1.807) is 31.2 Å². The second-order valence-electron chi connectivity index (χ2n) is 10.1. The van der Waals surface area contributed by atoms with Crippen LogP contribution in [0.3, 0.4) is 0 Å². The zero-order valence-electron chi connectivity index (χ0n) is 24.7. The molecule has 5 N–H and O–H groups in total. The highest BCUT2D eigenvalue weighted by Crippen LogP contribution is 2.18. The van der Waals surface area contributed by atoms with Crippen molar-refractivity contribution in [2.24, 2.45) is 17.6 Å². The predicted octanol–water partition coefficient (Wildman–Crippen LogP) is 2.75. The maximum atomic E-state index is 12.9. The smallest absolute Gasteiger partial charge is 0.407 e. The quantitative estimate of drug-likeness (QED) is 0.0804. The van der Waals surface area contributed by atoms with Crippen molar-refractivity contribution in [3.8, 4) is 0 Å². The van der Waals surface area contributed by atoms with Crippen molar-refractivity contribution < 1.29 is 38.2 Å². The lowest BCUT2D eigenvalue weighted by Crippen LogP contribution is -2.45. The van der Waals surface area contributed by atoms with Crippen molar-refractivity contribution in [2.75, 3.05) is 49.3 Å². The van der Waals surface area contributed by atoms with Crippen LogP contribution < -0.4 is 21.7 Å². The molecule has 0 saturated carbocycles. The van der Waals surface area contributed by atoms with E-state index in [0.717, 1.165) is 5.56 Å². The predicted molar refractivity (Wildman–Crippen MR) is 167 cm³/mol. The average Bonchev–Trinajstić information content (AvgIpc) is 2.96. The minimum absolute atomic E-state index is 0.0519. The summed E-state index contributed by atoms with van der Waals surface area (Å²) in [6.07, 6.45) is 0.858. The molecule has 1 aromatic rings. The lowest BCUT2D eigenvalue weighted by atomic mass is 9.89. The number of ketones is 2. The Labute approximate surface area is 261 Å². The van der Waals surface area contributed by atoms with Crippen molar-refractivity contribution in [1.82, 2.24) is 10.6 Å². The fourth-order valence-electron chi connectivity index (χ4n) is 3.62. The molecule has 42 heavy (non-hydrogen) atoms. The summed E-state index contributed by atoms with van der Waals surface area (Å²) in [5.74, 6) is -1.35. The molecule has 3 amide bonds. The van der Waals surface area contributed by atoms with Gasteiger partial charge in [-0.3, -0.25) is 19.2 Å². The number of nitrogens with two attached hydrogens (primary N) is 1. The number of Topliss-reactive ketones (excluding diaryl/α,β-unsaturated/α-hetero) is 2. The van der Waals surface area contributed by atoms with Crippen LogP contribution in [0.4, 0.5) is 10.5 Å². The Morgan fingerprint density at radius 3 is 2.17 bits per heavy atom. The third-order valence-electron chi connectivity index (χ3n) is 6.14. The van der Waals surface area contributed by atoms with Gasteiger partial charge in [0.1, 0.15) is 24.2 Å². The van der Waals surface area contributed by atoms with Crippen molar-refractivity contribution in [3.63, 3.8) is 0 Å². The topological polar surface area (TPSA) is 175 Å². The van der Waals surface area contributed by atoms with E-state index in [0.29, 0.717) is 55.9 Å². The SMILES string of the molecule is CC(C)[C@H](CC(=O)CCOCCOCCCC(=O)CI)C(=O)N[C@@H](C)C(=O)Nc1ccc(COC(=O)NCCN)cc1. The first-order valence-electron chi connectivity index (χ1n) is 14.1. The highest BCUT2D eigenvalue weighted by atomic mass is 127. The molecule has 0 fully saturated rings. The molecule has 236 valence electrons. The normalized spacial score (nSPS) is 12.3. The molecule has 12 nitrogen and oxygen atoms in total. The number of halogens is 1. The third-order valence-corrected chi connectivity index (χ3v) is 6.99. The van der Waals surface area contributed by atoms with Gasteiger partial charge in [-0.1, -0.05) is 48.6 Å². The molecular formula is C29H45IN4O8. The third kappa shape index (κ3) is 16.7. The number of amides is 3. The summed E-state index contributed by atoms with van der Waals surface area (Å²) in [5, 5.41) is 7.96. The molecule has 0 radical (unpaired) electrons. The number of hydrogen-bond donors (Lipinski definition) is 4. The highest BCUT2D eigenvalue weighted by molar-refractivity contribution is 14.1. The van der Waals surface area contributed by atoms with Crippen molar-refractivity contribution >= 4 is 57.8 Å². The molecule has 0 aliphatic heterocycles. The number of nitrogens with one attached hydrogen (secondary N) is 3. The van der Waals surface area contributed by atoms with Gasteiger partial charge in [0.05, 0.1) is 24.2 Å². The number of hydrogen-bond acceptors (Lipinski definition) is 9. The molecule has 13 heteroatoms. The van der Waals surface area contributed by atoms with Crippen LogP contribution in [0, 0.1) is 11.8 Å². The molecule has 0 unspecified atom stereocenters. The van der Waals surface area contributed by atoms with Crippen molar-refractivity contribution in [1.29, 1.82) is 0 Å². The monoisotopic (exact) mass is 704 g/mol. The van der Waals surface area contributed by atoms with Gasteiger partial charge in [-0.05, 0) is 37.0 Å². The van der Waals surface area contributed by atoms with Gasteiger partial charge >= 0.3 is 6.09 Å². The molecule has 1 aromatic carbocycles. The number of rotatable bonds is 22. The molecule has 0 aliphatic carbocycles. The minimum Gasteiger partial charge on any atom is -0.445 e. The van der Waals surface area contributed by atoms with Crippen LogP contribution in [-0.2, 0) is 40.0 Å². The molecular weight excluding hydrogens is 659 g/mol. The Hall–Kier alpha value is -2.62. The van der Waals surface area contributed by atoms with E-state index in [2.05, 4.69) is 16.0 Å². The molecule has 0 aliphatic rings. The van der Waals surface area contributed by atoms with E-state index >= 15 is 0 Å². The number of carbonyl (C=O) groups excluding carboxylic acids is 5. The van der Waals surface area contributed by atoms with Gasteiger partial charge < -0.3 is 35.9 Å². The summed E-state index contributed by atoms with van der Waals surface area (Å²) < 4.78 is 16.5. The minimum atomic E-state index is -0.828. The standard InChI is InChI=1S/C29H45IN4O8/c1-20(2)26(17-24(35)10-14-41-16-15-40-13-4-5-25(36)18-30)28(38)33-21(3)27(37)34-23-8-6-22(7-9-23)19-42-29(39)32-12-11-31/h6-9,20-21,26H,4-5,10-19,31H2,1-3H3,(H,32,39)(H,33,38)(H,34,37)/t21-,26-/m0/s1. The van der Waals surface area contributed by atoms with Gasteiger partial charge in [0, 0.05) is 50.6 Å². The number of benzene rings is 1. The fourth-order valence-corrected chi connectivity index (χ4v) is 4.00. The van der Waals surface area contributed by atoms with Crippen LogP contribution in [0.1, 0.15) is 52.0 Å². The van der Waals surface area contributed by atoms with E-state index in [1.165, 1.54) is 0 Å². The first kappa shape index (κ1) is 37.4. The van der Waals surface area contributed by atoms with Crippen molar-refractivity contribution in [3.05, 3.63) is 29.8 Å². The van der Waals surface area contributed by atoms with E-state index in [4.69, 9.17) is 19.9 Å². The summed E-state index contributed by atoms with van der Waals surface area (Å²) in [4.78, 5) is 60.9. The zero-order valence-corrected chi connectivity index (χ0v) is 26.9. The van der Waals surface area contributed by atoms with Gasteiger partial charge in [0.15, 0.2) is 0 Å². The van der Waals surface area contributed by atoms with E-state index in [9.17, 15) is 24.0 Å². The molecule has 0 bridgehead atoms. The van der Waals surface area contributed by atoms with Gasteiger partial charge in [0.2, 0.25) is 11.8 Å². The van der Waals surface area contributed by atoms with Crippen molar-refractivity contribution in [2.45, 2.75) is 59.1 Å². The Balaban J connectivity index is 2.38. The second kappa shape index (κ2) is 22.0. The lowest BCUT2D eigenvalue weighted by Gasteiger charge is -2.22. The van der Waals surface area contributed by atoms with Crippen LogP contribution in [0.25, 0.3) is 0 Å². The Bertz CT molecular complexity index is 990. The second-order valence-corrected chi connectivity index (χ2v) is 10.8. The summed E-state index contributed by atoms with van der Waals surface area (Å²) in [7, 11) is 0. The molecule has 0 heterocycles. The number of ether oxygens (including phenoxy) is 3. The molecule has 1 rings (SSSR count). The number of anilines is 1. The van der Waals surface area contributed by atoms with Gasteiger partial charge in [-0.2, -0.15) is 0 Å². The first-order valence-corrected chi connectivity index (χ1v) is 15.7. The largest absolute Gasteiger partial charge is 0.445 e. The summed E-state index contributed by atoms with van der Waals surface area (Å²) in [6.45, 7) is 7.45. The van der Waals surface area contributed by atoms with Crippen LogP contribution in [-0.4, -0.2) is 79.5 Å². The van der Waals surface area contributed by atoms with Gasteiger partial charge in [0.25, 0.3) is 0 Å². The van der Waals surface area contributed by atoms with Crippen LogP contribution in [0.2, 0.25) is 0 Å². The summed E-state index contributed by atoms with van der Waals surface area (Å²) in [6, 6.07) is 5.93. The van der Waals surface area contributed by atoms with E-state index in [-0.39, 0.29) is 49.4 Å². The Morgan fingerprint density at radius 1 is 0.881 bits per heavy atom. The van der Waals surface area contributed by atoms with Crippen LogP contribution in [0.5, 0.6) is 0 Å². The van der Waals surface area contributed by atoms with Crippen LogP contribution in [0.15, 0.2) is 24.3 Å². The molecule has 2 atom stereocenters. The maximum absolute atomic E-state index is 12.9. The van der Waals surface area contributed by atoms with E-state index < -0.39 is 24.0 Å². The van der Waals surface area contributed by atoms with Gasteiger partial charge in [-0.25, -0.2) is 4.79 Å². The van der Waals surface area contributed by atoms with Crippen LogP contribution >= 0.6 is 22.6 Å². The average molecular weight is 705 g/mol. The molecule has 0 saturated heterocycles. The molecule has 0 aromatic heterocycles. The Morgan fingerprint density at radius 2 is 1.55 bits per heavy atom.